The summed E-state index contributed by atoms with van der Waals surface area (Å²) < 4.78 is 43.8. The third kappa shape index (κ3) is 7.05. The molecule has 0 heterocycles. The van der Waals surface area contributed by atoms with E-state index in [1.807, 2.05) is 0 Å². The Kier molecular flexibility index (Phi) is 8.23. The molecule has 33 heavy (non-hydrogen) atoms. The molecule has 2 amide bonds. The quantitative estimate of drug-likeness (QED) is 0.427. The van der Waals surface area contributed by atoms with Crippen LogP contribution in [0.4, 0.5) is 30.2 Å². The summed E-state index contributed by atoms with van der Waals surface area (Å²) in [6.07, 6.45) is -4.68. The molecular formula is C20H20ClF3N4O5. The van der Waals surface area contributed by atoms with E-state index in [0.717, 1.165) is 12.1 Å². The number of likely N-dealkylation sites (N-methyl/N-ethyl adjacent to an activating group) is 1. The predicted molar refractivity (Wildman–Crippen MR) is 116 cm³/mol. The van der Waals surface area contributed by atoms with Crippen molar-refractivity contribution in [2.24, 2.45) is 0 Å². The molecule has 0 radical (unpaired) electrons. The molecule has 9 nitrogen and oxygen atoms in total. The number of halogens is 4. The summed E-state index contributed by atoms with van der Waals surface area (Å²) in [7, 11) is 2.72. The van der Waals surface area contributed by atoms with Crippen molar-refractivity contribution in [3.05, 3.63) is 56.6 Å². The number of carbonyl (C=O) groups is 2. The Morgan fingerprint density at radius 1 is 1.15 bits per heavy atom. The summed E-state index contributed by atoms with van der Waals surface area (Å²) in [6.45, 7) is 1.04. The van der Waals surface area contributed by atoms with Gasteiger partial charge in [-0.25, -0.2) is 0 Å². The van der Waals surface area contributed by atoms with Gasteiger partial charge >= 0.3 is 11.9 Å². The summed E-state index contributed by atoms with van der Waals surface area (Å²) in [5.74, 6) is -1.20. The molecule has 0 saturated carbocycles. The molecule has 0 aliphatic heterocycles. The molecule has 0 saturated heterocycles. The first-order chi connectivity index (χ1) is 15.3. The van der Waals surface area contributed by atoms with E-state index >= 15 is 0 Å². The topological polar surface area (TPSA) is 114 Å². The second-order valence-corrected chi connectivity index (χ2v) is 7.46. The van der Waals surface area contributed by atoms with E-state index in [2.05, 4.69) is 10.6 Å². The van der Waals surface area contributed by atoms with Gasteiger partial charge < -0.3 is 15.4 Å². The van der Waals surface area contributed by atoms with Gasteiger partial charge in [0.1, 0.15) is 0 Å². The van der Waals surface area contributed by atoms with Gasteiger partial charge in [0.2, 0.25) is 11.8 Å². The van der Waals surface area contributed by atoms with Crippen LogP contribution in [0.2, 0.25) is 5.02 Å². The number of carbonyl (C=O) groups excluding carboxylic acids is 2. The van der Waals surface area contributed by atoms with Gasteiger partial charge in [-0.2, -0.15) is 13.2 Å². The van der Waals surface area contributed by atoms with E-state index < -0.39 is 33.5 Å². The van der Waals surface area contributed by atoms with Crippen molar-refractivity contribution in [2.75, 3.05) is 37.9 Å². The number of ether oxygens (including phenoxy) is 1. The van der Waals surface area contributed by atoms with E-state index in [0.29, 0.717) is 11.3 Å². The highest BCUT2D eigenvalue weighted by molar-refractivity contribution is 6.31. The van der Waals surface area contributed by atoms with Crippen molar-refractivity contribution in [3.8, 4) is 5.75 Å². The van der Waals surface area contributed by atoms with E-state index in [9.17, 15) is 32.9 Å². The molecule has 178 valence electrons. The zero-order valence-electron chi connectivity index (χ0n) is 17.7. The van der Waals surface area contributed by atoms with Gasteiger partial charge in [-0.1, -0.05) is 11.6 Å². The Labute approximate surface area is 191 Å². The number of hydrogen-bond donors (Lipinski definition) is 2. The van der Waals surface area contributed by atoms with Gasteiger partial charge in [-0.15, -0.1) is 0 Å². The second-order valence-electron chi connectivity index (χ2n) is 7.06. The lowest BCUT2D eigenvalue weighted by Crippen LogP contribution is -2.36. The summed E-state index contributed by atoms with van der Waals surface area (Å²) in [5.41, 5.74) is -0.704. The normalized spacial score (nSPS) is 11.3. The Hall–Kier alpha value is -3.38. The Bertz CT molecular complexity index is 1080. The Balaban J connectivity index is 1.98. The zero-order valence-corrected chi connectivity index (χ0v) is 18.5. The molecule has 2 aromatic carbocycles. The second kappa shape index (κ2) is 10.5. The lowest BCUT2D eigenvalue weighted by molar-refractivity contribution is -0.385. The van der Waals surface area contributed by atoms with Crippen molar-refractivity contribution in [1.29, 1.82) is 0 Å². The Morgan fingerprint density at radius 3 is 2.30 bits per heavy atom. The largest absolute Gasteiger partial charge is 0.490 e. The number of anilines is 2. The van der Waals surface area contributed by atoms with E-state index in [-0.39, 0.29) is 30.2 Å². The van der Waals surface area contributed by atoms with E-state index in [4.69, 9.17) is 16.3 Å². The van der Waals surface area contributed by atoms with Crippen molar-refractivity contribution < 1.29 is 32.4 Å². The minimum absolute atomic E-state index is 0.0326. The Morgan fingerprint density at radius 2 is 1.76 bits per heavy atom. The molecule has 0 aliphatic carbocycles. The number of nitrogens with zero attached hydrogens (tertiary/aromatic N) is 2. The number of aryl methyl sites for hydroxylation is 1. The van der Waals surface area contributed by atoms with Crippen molar-refractivity contribution in [1.82, 2.24) is 4.90 Å². The minimum atomic E-state index is -4.68. The number of nitrogens with one attached hydrogen (secondary N) is 2. The van der Waals surface area contributed by atoms with Gasteiger partial charge in [-0.3, -0.25) is 24.6 Å². The number of nitro benzene ring substituents is 1. The van der Waals surface area contributed by atoms with Crippen LogP contribution in [0.25, 0.3) is 0 Å². The van der Waals surface area contributed by atoms with Crippen LogP contribution in [0.5, 0.6) is 5.75 Å². The maximum atomic E-state index is 12.9. The van der Waals surface area contributed by atoms with Crippen LogP contribution in [-0.4, -0.2) is 48.9 Å². The highest BCUT2D eigenvalue weighted by Gasteiger charge is 2.33. The number of hydrogen-bond acceptors (Lipinski definition) is 6. The number of benzene rings is 2. The number of alkyl halides is 3. The zero-order chi connectivity index (χ0) is 24.9. The molecule has 0 aliphatic rings. The summed E-state index contributed by atoms with van der Waals surface area (Å²) >= 11 is 5.55. The first-order valence-corrected chi connectivity index (χ1v) is 9.67. The van der Waals surface area contributed by atoms with Crippen molar-refractivity contribution in [2.45, 2.75) is 13.1 Å². The number of methoxy groups -OCH3 is 1. The molecule has 2 N–H and O–H groups in total. The van der Waals surface area contributed by atoms with Gasteiger partial charge in [0, 0.05) is 23.5 Å². The molecule has 2 aromatic rings. The molecular weight excluding hydrogens is 469 g/mol. The first-order valence-electron chi connectivity index (χ1n) is 9.29. The van der Waals surface area contributed by atoms with Gasteiger partial charge in [0.05, 0.1) is 35.7 Å². The van der Waals surface area contributed by atoms with E-state index in [1.54, 1.807) is 6.92 Å². The first kappa shape index (κ1) is 25.9. The van der Waals surface area contributed by atoms with Crippen molar-refractivity contribution in [3.63, 3.8) is 0 Å². The fraction of sp³-hybridized carbons (Fsp3) is 0.300. The standard InChI is InChI=1S/C20H20ClF3N4O5/c1-11-6-16(28(31)32)17(33-3)8-15(11)26-19(30)10-27(2)9-18(29)25-12-4-5-14(21)13(7-12)20(22,23)24/h4-8H,9-10H2,1-3H3,(H,25,29)(H,26,30). The summed E-state index contributed by atoms with van der Waals surface area (Å²) in [4.78, 5) is 36.3. The fourth-order valence-corrected chi connectivity index (χ4v) is 3.10. The van der Waals surface area contributed by atoms with Gasteiger partial charge in [0.15, 0.2) is 5.75 Å². The van der Waals surface area contributed by atoms with E-state index in [1.165, 1.54) is 37.3 Å². The monoisotopic (exact) mass is 488 g/mol. The summed E-state index contributed by atoms with van der Waals surface area (Å²) in [5, 5.41) is 15.5. The SMILES string of the molecule is COc1cc(NC(=O)CN(C)CC(=O)Nc2ccc(Cl)c(C(F)(F)F)c2)c(C)cc1[N+](=O)[O-]. The van der Waals surface area contributed by atoms with Crippen LogP contribution in [0.1, 0.15) is 11.1 Å². The minimum Gasteiger partial charge on any atom is -0.490 e. The third-order valence-electron chi connectivity index (χ3n) is 4.38. The molecule has 0 bridgehead atoms. The average molecular weight is 489 g/mol. The number of nitro groups is 1. The highest BCUT2D eigenvalue weighted by atomic mass is 35.5. The molecule has 0 atom stereocenters. The molecule has 0 aromatic heterocycles. The maximum absolute atomic E-state index is 12.9. The third-order valence-corrected chi connectivity index (χ3v) is 4.71. The summed E-state index contributed by atoms with van der Waals surface area (Å²) in [6, 6.07) is 5.55. The van der Waals surface area contributed by atoms with Crippen LogP contribution in [0, 0.1) is 17.0 Å². The smallest absolute Gasteiger partial charge is 0.417 e. The average Bonchev–Trinajstić information content (AvgIpc) is 2.69. The molecule has 2 rings (SSSR count). The molecule has 0 spiro atoms. The molecule has 0 unspecified atom stereocenters. The molecule has 13 heteroatoms. The van der Waals surface area contributed by atoms with Crippen LogP contribution in [0.3, 0.4) is 0 Å². The lowest BCUT2D eigenvalue weighted by Gasteiger charge is -2.17. The lowest BCUT2D eigenvalue weighted by atomic mass is 10.1. The van der Waals surface area contributed by atoms with Gasteiger partial charge in [-0.05, 0) is 37.7 Å². The van der Waals surface area contributed by atoms with Gasteiger partial charge in [0.25, 0.3) is 0 Å². The highest BCUT2D eigenvalue weighted by Crippen LogP contribution is 2.36. The van der Waals surface area contributed by atoms with Crippen LogP contribution < -0.4 is 15.4 Å². The predicted octanol–water partition coefficient (Wildman–Crippen LogP) is 4.09. The van der Waals surface area contributed by atoms with Crippen LogP contribution in [-0.2, 0) is 15.8 Å². The molecule has 0 fully saturated rings. The number of rotatable bonds is 8. The number of amides is 2. The maximum Gasteiger partial charge on any atom is 0.417 e. The van der Waals surface area contributed by atoms with Crippen molar-refractivity contribution >= 4 is 40.5 Å². The van der Waals surface area contributed by atoms with Crippen LogP contribution >= 0.6 is 11.6 Å². The fourth-order valence-electron chi connectivity index (χ4n) is 2.87. The van der Waals surface area contributed by atoms with Crippen LogP contribution in [0.15, 0.2) is 30.3 Å².